The van der Waals surface area contributed by atoms with Gasteiger partial charge in [-0.2, -0.15) is 0 Å². The monoisotopic (exact) mass is 408 g/mol. The van der Waals surface area contributed by atoms with Crippen LogP contribution in [0.2, 0.25) is 0 Å². The van der Waals surface area contributed by atoms with Crippen molar-refractivity contribution in [1.82, 2.24) is 9.21 Å². The Morgan fingerprint density at radius 1 is 1.14 bits per heavy atom. The largest absolute Gasteiger partial charge is 0.494 e. The molecule has 0 aromatic heterocycles. The van der Waals surface area contributed by atoms with E-state index in [1.165, 1.54) is 23.8 Å². The third-order valence-corrected chi connectivity index (χ3v) is 7.56. The van der Waals surface area contributed by atoms with E-state index in [4.69, 9.17) is 4.74 Å². The molecule has 1 aromatic carbocycles. The number of aryl methyl sites for hydroxylation is 1. The van der Waals surface area contributed by atoms with Gasteiger partial charge >= 0.3 is 0 Å². The van der Waals surface area contributed by atoms with E-state index >= 15 is 0 Å². The zero-order valence-corrected chi connectivity index (χ0v) is 18.5. The van der Waals surface area contributed by atoms with E-state index in [1.807, 2.05) is 6.92 Å². The number of sulfonamides is 1. The number of nitrogens with zero attached hydrogens (tertiary/aromatic N) is 2. The quantitative estimate of drug-likeness (QED) is 0.662. The van der Waals surface area contributed by atoms with Crippen LogP contribution in [0.15, 0.2) is 18.2 Å². The van der Waals surface area contributed by atoms with E-state index in [2.05, 4.69) is 30.0 Å². The summed E-state index contributed by atoms with van der Waals surface area (Å²) in [4.78, 5) is 2.68. The standard InChI is InChI=1S/C22H36N2O3S/c1-4-12-23(17-18-10-13-24(14-11-18)28(3,25)26)21-8-6-20-16-22(27-5-2)9-7-19(20)15-21/h7,9,16,18,21H,4-6,8,10-15,17H2,1-3H3. The van der Waals surface area contributed by atoms with Crippen molar-refractivity contribution in [2.24, 2.45) is 5.92 Å². The van der Waals surface area contributed by atoms with Crippen LogP contribution in [-0.4, -0.2) is 62.7 Å². The number of hydrogen-bond donors (Lipinski definition) is 0. The maximum absolute atomic E-state index is 11.8. The number of fused-ring (bicyclic) bond motifs is 1. The second kappa shape index (κ2) is 9.59. The molecule has 1 aliphatic heterocycles. The molecule has 2 aliphatic rings. The van der Waals surface area contributed by atoms with Gasteiger partial charge in [-0.25, -0.2) is 12.7 Å². The first-order chi connectivity index (χ1) is 13.4. The van der Waals surface area contributed by atoms with Crippen molar-refractivity contribution in [3.05, 3.63) is 29.3 Å². The highest BCUT2D eigenvalue weighted by Crippen LogP contribution is 2.29. The van der Waals surface area contributed by atoms with Gasteiger partial charge in [0.15, 0.2) is 0 Å². The van der Waals surface area contributed by atoms with Crippen molar-refractivity contribution in [3.63, 3.8) is 0 Å². The summed E-state index contributed by atoms with van der Waals surface area (Å²) < 4.78 is 30.8. The van der Waals surface area contributed by atoms with Crippen molar-refractivity contribution < 1.29 is 13.2 Å². The van der Waals surface area contributed by atoms with E-state index < -0.39 is 10.0 Å². The van der Waals surface area contributed by atoms with Crippen molar-refractivity contribution in [2.75, 3.05) is 39.0 Å². The van der Waals surface area contributed by atoms with Gasteiger partial charge in [-0.3, -0.25) is 4.90 Å². The highest BCUT2D eigenvalue weighted by atomic mass is 32.2. The summed E-state index contributed by atoms with van der Waals surface area (Å²) in [5.74, 6) is 1.59. The lowest BCUT2D eigenvalue weighted by Crippen LogP contribution is -2.45. The molecule has 1 atom stereocenters. The Bertz CT molecular complexity index is 742. The van der Waals surface area contributed by atoms with Crippen LogP contribution in [0, 0.1) is 5.92 Å². The van der Waals surface area contributed by atoms with Crippen LogP contribution in [-0.2, 0) is 22.9 Å². The topological polar surface area (TPSA) is 49.9 Å². The van der Waals surface area contributed by atoms with Crippen molar-refractivity contribution in [1.29, 1.82) is 0 Å². The number of ether oxygens (including phenoxy) is 1. The van der Waals surface area contributed by atoms with Crippen molar-refractivity contribution >= 4 is 10.0 Å². The molecule has 0 saturated carbocycles. The summed E-state index contributed by atoms with van der Waals surface area (Å²) in [7, 11) is -3.04. The zero-order chi connectivity index (χ0) is 20.1. The molecule has 158 valence electrons. The lowest BCUT2D eigenvalue weighted by molar-refractivity contribution is 0.129. The van der Waals surface area contributed by atoms with E-state index in [0.717, 1.165) is 50.9 Å². The van der Waals surface area contributed by atoms with Crippen molar-refractivity contribution in [2.45, 2.75) is 58.4 Å². The van der Waals surface area contributed by atoms with E-state index in [9.17, 15) is 8.42 Å². The fourth-order valence-corrected chi connectivity index (χ4v) is 5.62. The van der Waals surface area contributed by atoms with Crippen molar-refractivity contribution in [3.8, 4) is 5.75 Å². The van der Waals surface area contributed by atoms with Crippen LogP contribution in [0.5, 0.6) is 5.75 Å². The lowest BCUT2D eigenvalue weighted by Gasteiger charge is -2.39. The molecule has 1 unspecified atom stereocenters. The molecular formula is C22H36N2O3S. The predicted octanol–water partition coefficient (Wildman–Crippen LogP) is 3.33. The first-order valence-electron chi connectivity index (χ1n) is 10.8. The van der Waals surface area contributed by atoms with E-state index in [-0.39, 0.29) is 0 Å². The third-order valence-electron chi connectivity index (χ3n) is 6.25. The molecular weight excluding hydrogens is 372 g/mol. The molecule has 1 aromatic rings. The molecule has 1 heterocycles. The van der Waals surface area contributed by atoms with Crippen LogP contribution in [0.25, 0.3) is 0 Å². The SMILES string of the molecule is CCCN(CC1CCN(S(C)(=O)=O)CC1)C1CCc2cc(OCC)ccc2C1. The van der Waals surface area contributed by atoms with Gasteiger partial charge < -0.3 is 4.74 Å². The highest BCUT2D eigenvalue weighted by molar-refractivity contribution is 7.88. The summed E-state index contributed by atoms with van der Waals surface area (Å²) in [6, 6.07) is 7.18. The Labute approximate surface area is 171 Å². The predicted molar refractivity (Wildman–Crippen MR) is 114 cm³/mol. The first-order valence-corrected chi connectivity index (χ1v) is 12.7. The van der Waals surface area contributed by atoms with Crippen LogP contribution in [0.4, 0.5) is 0 Å². The van der Waals surface area contributed by atoms with Gasteiger partial charge in [-0.1, -0.05) is 13.0 Å². The molecule has 0 bridgehead atoms. The Morgan fingerprint density at radius 2 is 1.89 bits per heavy atom. The first kappa shape index (κ1) is 21.6. The fraction of sp³-hybridized carbons (Fsp3) is 0.727. The molecule has 0 spiro atoms. The normalized spacial score (nSPS) is 21.6. The fourth-order valence-electron chi connectivity index (χ4n) is 4.75. The summed E-state index contributed by atoms with van der Waals surface area (Å²) in [6.45, 7) is 8.58. The second-order valence-corrected chi connectivity index (χ2v) is 10.3. The number of piperidine rings is 1. The minimum absolute atomic E-state index is 0.596. The highest BCUT2D eigenvalue weighted by Gasteiger charge is 2.29. The molecule has 28 heavy (non-hydrogen) atoms. The second-order valence-electron chi connectivity index (χ2n) is 8.36. The van der Waals surface area contributed by atoms with Gasteiger partial charge in [0.05, 0.1) is 12.9 Å². The third kappa shape index (κ3) is 5.49. The van der Waals surface area contributed by atoms with Crippen LogP contribution in [0.1, 0.15) is 50.7 Å². The number of rotatable bonds is 8. The Morgan fingerprint density at radius 3 is 2.54 bits per heavy atom. The molecule has 6 heteroatoms. The maximum atomic E-state index is 11.8. The molecule has 1 aliphatic carbocycles. The minimum atomic E-state index is -3.04. The van der Waals surface area contributed by atoms with Gasteiger partial charge in [0.1, 0.15) is 5.75 Å². The van der Waals surface area contributed by atoms with Crippen LogP contribution in [0.3, 0.4) is 0 Å². The Kier molecular flexibility index (Phi) is 7.40. The van der Waals surface area contributed by atoms with Crippen LogP contribution < -0.4 is 4.74 Å². The summed E-state index contributed by atoms with van der Waals surface area (Å²) in [6.07, 6.45) is 7.88. The average molecular weight is 409 g/mol. The summed E-state index contributed by atoms with van der Waals surface area (Å²) in [5.41, 5.74) is 2.91. The van der Waals surface area contributed by atoms with E-state index in [1.54, 1.807) is 4.31 Å². The molecule has 1 saturated heterocycles. The van der Waals surface area contributed by atoms with Gasteiger partial charge in [0.2, 0.25) is 10.0 Å². The smallest absolute Gasteiger partial charge is 0.211 e. The number of benzene rings is 1. The molecule has 5 nitrogen and oxygen atoms in total. The maximum Gasteiger partial charge on any atom is 0.211 e. The number of hydrogen-bond acceptors (Lipinski definition) is 4. The van der Waals surface area contributed by atoms with Gasteiger partial charge in [0.25, 0.3) is 0 Å². The minimum Gasteiger partial charge on any atom is -0.494 e. The molecule has 3 rings (SSSR count). The summed E-state index contributed by atoms with van der Waals surface area (Å²) in [5, 5.41) is 0. The summed E-state index contributed by atoms with van der Waals surface area (Å²) >= 11 is 0. The zero-order valence-electron chi connectivity index (χ0n) is 17.7. The average Bonchev–Trinajstić information content (AvgIpc) is 2.67. The Balaban J connectivity index is 1.60. The lowest BCUT2D eigenvalue weighted by atomic mass is 9.86. The van der Waals surface area contributed by atoms with Gasteiger partial charge in [-0.15, -0.1) is 0 Å². The Hall–Kier alpha value is -1.11. The van der Waals surface area contributed by atoms with Gasteiger partial charge in [-0.05, 0) is 81.2 Å². The molecule has 0 N–H and O–H groups in total. The molecule has 0 radical (unpaired) electrons. The van der Waals surface area contributed by atoms with Crippen LogP contribution >= 0.6 is 0 Å². The molecule has 1 fully saturated rings. The van der Waals surface area contributed by atoms with Gasteiger partial charge in [0, 0.05) is 25.7 Å². The molecule has 0 amide bonds. The van der Waals surface area contributed by atoms with E-state index in [0.29, 0.717) is 31.7 Å².